The molecule has 0 rings (SSSR count). The van der Waals surface area contributed by atoms with Crippen molar-refractivity contribution in [1.29, 1.82) is 0 Å². The van der Waals surface area contributed by atoms with Crippen LogP contribution in [0.1, 0.15) is 32.1 Å². The fourth-order valence-electron chi connectivity index (χ4n) is 1.82. The van der Waals surface area contributed by atoms with E-state index in [2.05, 4.69) is 20.7 Å². The van der Waals surface area contributed by atoms with Crippen molar-refractivity contribution >= 4 is 11.9 Å². The van der Waals surface area contributed by atoms with Gasteiger partial charge in [-0.3, -0.25) is 4.79 Å². The van der Waals surface area contributed by atoms with Gasteiger partial charge in [0.05, 0.1) is 40.2 Å². The number of unbranched alkanes of at least 4 members (excludes halogenated alkanes) is 2. The highest BCUT2D eigenvalue weighted by Gasteiger charge is 2.14. The number of carbonyl (C=O) groups is 2. The number of quaternary nitrogens is 1. The molecule has 0 aliphatic rings. The van der Waals surface area contributed by atoms with Crippen molar-refractivity contribution in [2.75, 3.05) is 33.8 Å². The molecule has 0 bridgehead atoms. The summed E-state index contributed by atoms with van der Waals surface area (Å²) in [6, 6.07) is 0. The molecule has 5 nitrogen and oxygen atoms in total. The van der Waals surface area contributed by atoms with Crippen LogP contribution in [0.4, 0.5) is 0 Å². The van der Waals surface area contributed by atoms with Gasteiger partial charge in [-0.05, 0) is 19.3 Å². The van der Waals surface area contributed by atoms with Crippen molar-refractivity contribution in [2.24, 2.45) is 0 Å². The number of hydrogen-bond acceptors (Lipinski definition) is 3. The van der Waals surface area contributed by atoms with Gasteiger partial charge in [-0.15, -0.1) is 0 Å². The Kier molecular flexibility index (Phi) is 8.87. The molecule has 0 aromatic rings. The number of nitrogens with zero attached hydrogens (tertiary/aromatic N) is 1. The van der Waals surface area contributed by atoms with E-state index < -0.39 is 5.97 Å². The summed E-state index contributed by atoms with van der Waals surface area (Å²) in [6.45, 7) is 5.65. The Balaban J connectivity index is 3.54. The lowest BCUT2D eigenvalue weighted by molar-refractivity contribution is -0.890. The average Bonchev–Trinajstić information content (AvgIpc) is 2.32. The first-order chi connectivity index (χ1) is 8.87. The number of ether oxygens (including phenoxy) is 1. The molecule has 0 aliphatic heterocycles. The quantitative estimate of drug-likeness (QED) is 0.270. The van der Waals surface area contributed by atoms with Gasteiger partial charge in [0.2, 0.25) is 0 Å². The first-order valence-corrected chi connectivity index (χ1v) is 6.70. The van der Waals surface area contributed by atoms with Gasteiger partial charge in [0.1, 0.15) is 0 Å². The molecule has 0 radical (unpaired) electrons. The highest BCUT2D eigenvalue weighted by atomic mass is 16.5. The van der Waals surface area contributed by atoms with Gasteiger partial charge in [0.15, 0.2) is 0 Å². The highest BCUT2D eigenvalue weighted by molar-refractivity contribution is 5.81. The van der Waals surface area contributed by atoms with E-state index in [9.17, 15) is 9.59 Å². The average molecular weight is 272 g/mol. The summed E-state index contributed by atoms with van der Waals surface area (Å²) in [6.07, 6.45) is 5.02. The zero-order chi connectivity index (χ0) is 14.7. The van der Waals surface area contributed by atoms with Crippen LogP contribution in [0.2, 0.25) is 0 Å². The van der Waals surface area contributed by atoms with Gasteiger partial charge >= 0.3 is 11.9 Å². The lowest BCUT2D eigenvalue weighted by Gasteiger charge is -2.29. The number of aliphatic carboxylic acids is 1. The monoisotopic (exact) mass is 272 g/mol. The molecule has 0 saturated heterocycles. The van der Waals surface area contributed by atoms with Crippen LogP contribution in [0.25, 0.3) is 0 Å². The Morgan fingerprint density at radius 1 is 1.16 bits per heavy atom. The molecule has 0 unspecified atom stereocenters. The molecule has 5 heteroatoms. The van der Waals surface area contributed by atoms with Crippen LogP contribution < -0.4 is 0 Å². The number of carboxylic acid groups (broad SMARTS) is 1. The second kappa shape index (κ2) is 9.55. The number of carboxylic acids is 1. The number of esters is 1. The maximum Gasteiger partial charge on any atom is 0.330 e. The smallest absolute Gasteiger partial charge is 0.330 e. The Morgan fingerprint density at radius 2 is 1.79 bits per heavy atom. The van der Waals surface area contributed by atoms with E-state index >= 15 is 0 Å². The lowest BCUT2D eigenvalue weighted by Crippen LogP contribution is -2.41. The Labute approximate surface area is 115 Å². The molecule has 0 spiro atoms. The molecule has 1 N–H and O–H groups in total. The van der Waals surface area contributed by atoms with Crippen molar-refractivity contribution < 1.29 is 23.9 Å². The van der Waals surface area contributed by atoms with E-state index in [0.717, 1.165) is 36.8 Å². The summed E-state index contributed by atoms with van der Waals surface area (Å²) in [5, 5.41) is 8.59. The first-order valence-electron chi connectivity index (χ1n) is 6.70. The third-order valence-electron chi connectivity index (χ3n) is 2.97. The summed E-state index contributed by atoms with van der Waals surface area (Å²) in [5.41, 5.74) is 0. The normalized spacial score (nSPS) is 11.1. The molecule has 0 aliphatic carbocycles. The first kappa shape index (κ1) is 17.6. The summed E-state index contributed by atoms with van der Waals surface area (Å²) in [5.74, 6) is -1.10. The van der Waals surface area contributed by atoms with Crippen LogP contribution in [0.5, 0.6) is 0 Å². The molecule has 19 heavy (non-hydrogen) atoms. The van der Waals surface area contributed by atoms with Crippen molar-refractivity contribution in [3.8, 4) is 0 Å². The van der Waals surface area contributed by atoms with Gasteiger partial charge in [-0.1, -0.05) is 6.58 Å². The van der Waals surface area contributed by atoms with Crippen LogP contribution >= 0.6 is 0 Å². The molecule has 0 fully saturated rings. The SMILES string of the molecule is C=CC(=O)OCCCCC[N+](C)(C)CCCC(=O)O. The standard InChI is InChI=1S/C14H25NO4/c1-4-14(18)19-12-7-5-6-10-15(2,3)11-8-9-13(16)17/h4H,1,5-12H2,2-3H3/p+1. The van der Waals surface area contributed by atoms with Crippen LogP contribution in [0, 0.1) is 0 Å². The Bertz CT molecular complexity index is 300. The largest absolute Gasteiger partial charge is 0.481 e. The summed E-state index contributed by atoms with van der Waals surface area (Å²) in [4.78, 5) is 21.2. The maximum atomic E-state index is 10.8. The van der Waals surface area contributed by atoms with Crippen molar-refractivity contribution in [3.63, 3.8) is 0 Å². The molecule has 0 heterocycles. The van der Waals surface area contributed by atoms with Crippen molar-refractivity contribution in [3.05, 3.63) is 12.7 Å². The zero-order valence-electron chi connectivity index (χ0n) is 12.1. The third kappa shape index (κ3) is 11.5. The van der Waals surface area contributed by atoms with Crippen LogP contribution in [-0.4, -0.2) is 55.3 Å². The van der Waals surface area contributed by atoms with Crippen LogP contribution in [0.3, 0.4) is 0 Å². The molecule has 0 aromatic carbocycles. The minimum Gasteiger partial charge on any atom is -0.481 e. The summed E-state index contributed by atoms with van der Waals surface area (Å²) >= 11 is 0. The minimum atomic E-state index is -0.732. The van der Waals surface area contributed by atoms with E-state index in [1.807, 2.05) is 0 Å². The third-order valence-corrected chi connectivity index (χ3v) is 2.97. The van der Waals surface area contributed by atoms with E-state index in [-0.39, 0.29) is 12.4 Å². The van der Waals surface area contributed by atoms with Crippen LogP contribution in [-0.2, 0) is 14.3 Å². The Morgan fingerprint density at radius 3 is 2.37 bits per heavy atom. The van der Waals surface area contributed by atoms with Crippen LogP contribution in [0.15, 0.2) is 12.7 Å². The second-order valence-electron chi connectivity index (χ2n) is 5.31. The molecular weight excluding hydrogens is 246 g/mol. The van der Waals surface area contributed by atoms with Gasteiger partial charge in [-0.25, -0.2) is 4.79 Å². The fraction of sp³-hybridized carbons (Fsp3) is 0.714. The number of carbonyl (C=O) groups excluding carboxylic acids is 1. The van der Waals surface area contributed by atoms with Gasteiger partial charge in [0, 0.05) is 12.5 Å². The minimum absolute atomic E-state index is 0.235. The number of hydrogen-bond donors (Lipinski definition) is 1. The van der Waals surface area contributed by atoms with E-state index in [4.69, 9.17) is 9.84 Å². The van der Waals surface area contributed by atoms with E-state index in [0.29, 0.717) is 13.0 Å². The lowest BCUT2D eigenvalue weighted by atomic mass is 10.2. The molecule has 110 valence electrons. The number of rotatable bonds is 11. The van der Waals surface area contributed by atoms with E-state index in [1.165, 1.54) is 6.08 Å². The molecule has 0 atom stereocenters. The van der Waals surface area contributed by atoms with E-state index in [1.54, 1.807) is 0 Å². The molecule has 0 aromatic heterocycles. The molecule has 0 amide bonds. The topological polar surface area (TPSA) is 63.6 Å². The Hall–Kier alpha value is -1.36. The van der Waals surface area contributed by atoms with Crippen molar-refractivity contribution in [1.82, 2.24) is 0 Å². The van der Waals surface area contributed by atoms with Gasteiger partial charge in [0.25, 0.3) is 0 Å². The molecule has 0 saturated carbocycles. The fourth-order valence-corrected chi connectivity index (χ4v) is 1.82. The maximum absolute atomic E-state index is 10.8. The predicted octanol–water partition coefficient (Wildman–Crippen LogP) is 1.83. The van der Waals surface area contributed by atoms with Gasteiger partial charge < -0.3 is 14.3 Å². The highest BCUT2D eigenvalue weighted by Crippen LogP contribution is 2.06. The van der Waals surface area contributed by atoms with Gasteiger partial charge in [-0.2, -0.15) is 0 Å². The summed E-state index contributed by atoms with van der Waals surface area (Å²) in [7, 11) is 4.22. The molecular formula is C14H26NO4+. The van der Waals surface area contributed by atoms with Crippen molar-refractivity contribution in [2.45, 2.75) is 32.1 Å². The summed E-state index contributed by atoms with van der Waals surface area (Å²) < 4.78 is 5.72. The predicted molar refractivity (Wildman–Crippen MR) is 73.7 cm³/mol. The zero-order valence-corrected chi connectivity index (χ0v) is 12.1. The second-order valence-corrected chi connectivity index (χ2v) is 5.31.